The summed E-state index contributed by atoms with van der Waals surface area (Å²) < 4.78 is 21.6. The van der Waals surface area contributed by atoms with Gasteiger partial charge in [-0.3, -0.25) is 9.00 Å². The van der Waals surface area contributed by atoms with Crippen LogP contribution in [0.3, 0.4) is 0 Å². The van der Waals surface area contributed by atoms with Crippen LogP contribution >= 0.6 is 22.9 Å². The van der Waals surface area contributed by atoms with Crippen molar-refractivity contribution in [3.05, 3.63) is 69.0 Å². The van der Waals surface area contributed by atoms with Gasteiger partial charge in [0.1, 0.15) is 10.6 Å². The van der Waals surface area contributed by atoms with Crippen LogP contribution in [0.5, 0.6) is 0 Å². The van der Waals surface area contributed by atoms with Crippen LogP contribution in [0.4, 0.5) is 5.69 Å². The van der Waals surface area contributed by atoms with E-state index >= 15 is 0 Å². The Bertz CT molecular complexity index is 1060. The summed E-state index contributed by atoms with van der Waals surface area (Å²) in [4.78, 5) is 16.9. The molecule has 3 rings (SSSR count). The van der Waals surface area contributed by atoms with Crippen molar-refractivity contribution >= 4 is 45.6 Å². The molecule has 1 amide bonds. The monoisotopic (exact) mass is 449 g/mol. The number of thiazole rings is 1. The zero-order valence-electron chi connectivity index (χ0n) is 15.6. The van der Waals surface area contributed by atoms with Crippen LogP contribution in [0, 0.1) is 0 Å². The van der Waals surface area contributed by atoms with Gasteiger partial charge in [0.05, 0.1) is 16.3 Å². The Morgan fingerprint density at radius 3 is 2.52 bits per heavy atom. The number of hydrogen-bond acceptors (Lipinski definition) is 6. The lowest BCUT2D eigenvalue weighted by molar-refractivity contribution is 0.0783. The van der Waals surface area contributed by atoms with Crippen molar-refractivity contribution in [1.82, 2.24) is 4.98 Å². The fourth-order valence-corrected chi connectivity index (χ4v) is 4.17. The van der Waals surface area contributed by atoms with Crippen LogP contribution < -0.4 is 5.32 Å². The van der Waals surface area contributed by atoms with Crippen LogP contribution in [0.2, 0.25) is 5.02 Å². The lowest BCUT2D eigenvalue weighted by Gasteiger charge is -2.12. The molecule has 9 heteroatoms. The van der Waals surface area contributed by atoms with Crippen LogP contribution in [-0.2, 0) is 22.4 Å². The topological polar surface area (TPSA) is 102 Å². The molecule has 1 heterocycles. The Kier molecular flexibility index (Phi) is 6.50. The summed E-state index contributed by atoms with van der Waals surface area (Å²) >= 11 is 5.29. The maximum atomic E-state index is 12.5. The Morgan fingerprint density at radius 2 is 1.97 bits per heavy atom. The lowest BCUT2D eigenvalue weighted by Crippen LogP contribution is -2.14. The molecule has 3 aromatic rings. The molecule has 152 valence electrons. The number of carbonyl (C=O) groups is 1. The number of amides is 1. The van der Waals surface area contributed by atoms with Gasteiger partial charge in [-0.25, -0.2) is 4.98 Å². The van der Waals surface area contributed by atoms with Gasteiger partial charge < -0.3 is 15.0 Å². The standard InChI is InChI=1S/C20H19ClN2O4S2/c1-20(2,25)19-23-17(10-28-19)13-4-6-14(7-5-13)22-18(24)15-8-3-12(9-16(15)21)11-29(26)27/h3-10,25H,11H2,1-2H3,(H,22,24)(H,26,27)/p-1. The summed E-state index contributed by atoms with van der Waals surface area (Å²) in [6.07, 6.45) is 0. The number of anilines is 1. The first-order chi connectivity index (χ1) is 13.6. The van der Waals surface area contributed by atoms with Gasteiger partial charge in [-0.05, 0) is 43.7 Å². The predicted octanol–water partition coefficient (Wildman–Crippen LogP) is 4.32. The van der Waals surface area contributed by atoms with E-state index in [2.05, 4.69) is 10.3 Å². The third-order valence-electron chi connectivity index (χ3n) is 4.03. The van der Waals surface area contributed by atoms with Crippen molar-refractivity contribution < 1.29 is 18.7 Å². The van der Waals surface area contributed by atoms with E-state index in [9.17, 15) is 18.7 Å². The largest absolute Gasteiger partial charge is 0.772 e. The number of nitrogens with zero attached hydrogens (tertiary/aromatic N) is 1. The van der Waals surface area contributed by atoms with E-state index in [1.165, 1.54) is 23.5 Å². The predicted molar refractivity (Wildman–Crippen MR) is 115 cm³/mol. The molecule has 1 aromatic heterocycles. The normalized spacial score (nSPS) is 12.6. The maximum absolute atomic E-state index is 12.5. The van der Waals surface area contributed by atoms with Crippen LogP contribution in [0.25, 0.3) is 11.3 Å². The van der Waals surface area contributed by atoms with Gasteiger partial charge in [0.2, 0.25) is 0 Å². The second kappa shape index (κ2) is 8.73. The number of aromatic nitrogens is 1. The SMILES string of the molecule is CC(C)(O)c1nc(-c2ccc(NC(=O)c3ccc(CS(=O)[O-])cc3Cl)cc2)cs1. The first-order valence-corrected chi connectivity index (χ1v) is 11.1. The van der Waals surface area contributed by atoms with Crippen molar-refractivity contribution in [2.45, 2.75) is 25.2 Å². The minimum Gasteiger partial charge on any atom is -0.772 e. The van der Waals surface area contributed by atoms with Crippen molar-refractivity contribution in [2.75, 3.05) is 5.32 Å². The molecule has 1 atom stereocenters. The summed E-state index contributed by atoms with van der Waals surface area (Å²) in [5, 5.41) is 15.5. The van der Waals surface area contributed by atoms with Gasteiger partial charge in [-0.2, -0.15) is 0 Å². The summed E-state index contributed by atoms with van der Waals surface area (Å²) in [7, 11) is 0. The average molecular weight is 450 g/mol. The molecule has 2 aromatic carbocycles. The Labute approximate surface area is 179 Å². The zero-order chi connectivity index (χ0) is 21.2. The Hall–Kier alpha value is -2.10. The number of aliphatic hydroxyl groups is 1. The molecule has 0 spiro atoms. The number of hydrogen-bond donors (Lipinski definition) is 2. The minimum absolute atomic E-state index is 0.158. The number of benzene rings is 2. The summed E-state index contributed by atoms with van der Waals surface area (Å²) in [5.74, 6) is -0.551. The molecule has 29 heavy (non-hydrogen) atoms. The highest BCUT2D eigenvalue weighted by atomic mass is 35.5. The van der Waals surface area contributed by atoms with E-state index in [0.29, 0.717) is 16.3 Å². The van der Waals surface area contributed by atoms with E-state index < -0.39 is 22.6 Å². The average Bonchev–Trinajstić information content (AvgIpc) is 3.12. The molecule has 0 radical (unpaired) electrons. The van der Waals surface area contributed by atoms with E-state index in [-0.39, 0.29) is 16.3 Å². The molecular weight excluding hydrogens is 432 g/mol. The third-order valence-corrected chi connectivity index (χ3v) is 6.07. The summed E-state index contributed by atoms with van der Waals surface area (Å²) in [6, 6.07) is 11.7. The maximum Gasteiger partial charge on any atom is 0.257 e. The third kappa shape index (κ3) is 5.49. The van der Waals surface area contributed by atoms with Gasteiger partial charge >= 0.3 is 0 Å². The Balaban J connectivity index is 1.72. The molecule has 0 saturated carbocycles. The number of rotatable bonds is 6. The Morgan fingerprint density at radius 1 is 1.28 bits per heavy atom. The first-order valence-electron chi connectivity index (χ1n) is 8.58. The second-order valence-electron chi connectivity index (χ2n) is 6.89. The fraction of sp³-hybridized carbons (Fsp3) is 0.200. The smallest absolute Gasteiger partial charge is 0.257 e. The molecule has 0 aliphatic heterocycles. The van der Waals surface area contributed by atoms with E-state index in [1.807, 2.05) is 17.5 Å². The van der Waals surface area contributed by atoms with Gasteiger partial charge in [-0.1, -0.05) is 40.9 Å². The van der Waals surface area contributed by atoms with Gasteiger partial charge in [0.25, 0.3) is 5.91 Å². The second-order valence-corrected chi connectivity index (χ2v) is 9.05. The highest BCUT2D eigenvalue weighted by Crippen LogP contribution is 2.29. The number of nitrogens with one attached hydrogen (secondary N) is 1. The van der Waals surface area contributed by atoms with Crippen LogP contribution in [-0.4, -0.2) is 24.8 Å². The van der Waals surface area contributed by atoms with Crippen molar-refractivity contribution in [3.8, 4) is 11.3 Å². The van der Waals surface area contributed by atoms with Crippen LogP contribution in [0.15, 0.2) is 47.8 Å². The van der Waals surface area contributed by atoms with E-state index in [0.717, 1.165) is 11.3 Å². The lowest BCUT2D eigenvalue weighted by atomic mass is 10.1. The molecule has 0 aliphatic rings. The molecule has 0 saturated heterocycles. The highest BCUT2D eigenvalue weighted by Gasteiger charge is 2.20. The fourth-order valence-electron chi connectivity index (χ4n) is 2.58. The number of halogens is 1. The van der Waals surface area contributed by atoms with E-state index in [4.69, 9.17) is 11.6 Å². The molecule has 0 fully saturated rings. The van der Waals surface area contributed by atoms with Gasteiger partial charge in [0.15, 0.2) is 0 Å². The minimum atomic E-state index is -2.22. The molecule has 2 N–H and O–H groups in total. The molecule has 1 unspecified atom stereocenters. The quantitative estimate of drug-likeness (QED) is 0.545. The van der Waals surface area contributed by atoms with Crippen molar-refractivity contribution in [1.29, 1.82) is 0 Å². The first kappa shape index (κ1) is 21.6. The van der Waals surface area contributed by atoms with Gasteiger partial charge in [-0.15, -0.1) is 11.3 Å². The molecular formula is C20H18ClN2O4S2-. The number of carbonyl (C=O) groups excluding carboxylic acids is 1. The molecule has 0 bridgehead atoms. The summed E-state index contributed by atoms with van der Waals surface area (Å²) in [6.45, 7) is 3.37. The van der Waals surface area contributed by atoms with Crippen LogP contribution in [0.1, 0.15) is 34.8 Å². The highest BCUT2D eigenvalue weighted by molar-refractivity contribution is 7.78. The molecule has 0 aliphatic carbocycles. The van der Waals surface area contributed by atoms with E-state index in [1.54, 1.807) is 32.0 Å². The summed E-state index contributed by atoms with van der Waals surface area (Å²) in [5.41, 5.74) is 1.97. The van der Waals surface area contributed by atoms with Gasteiger partial charge in [0, 0.05) is 22.4 Å². The molecule has 6 nitrogen and oxygen atoms in total. The zero-order valence-corrected chi connectivity index (χ0v) is 18.0. The van der Waals surface area contributed by atoms with Crippen molar-refractivity contribution in [2.24, 2.45) is 0 Å². The van der Waals surface area contributed by atoms with Crippen molar-refractivity contribution in [3.63, 3.8) is 0 Å².